The zero-order valence-corrected chi connectivity index (χ0v) is 11.4. The number of hydrogen-bond donors (Lipinski definition) is 0. The minimum atomic E-state index is 1.06. The van der Waals surface area contributed by atoms with Crippen LogP contribution in [0.5, 0.6) is 0 Å². The van der Waals surface area contributed by atoms with Crippen molar-refractivity contribution in [1.82, 2.24) is 0 Å². The molecule has 0 aliphatic heterocycles. The highest BCUT2D eigenvalue weighted by Crippen LogP contribution is 2.42. The minimum Gasteiger partial charge on any atom is -0.0654 e. The standard InChI is InChI=1S/C16H30/c1-3-6-14-9-13(4-2)10-15-7-5-8-16(11-14)12-15/h13-16H,3-12H2,1-2H3. The molecule has 0 aromatic carbocycles. The average Bonchev–Trinajstić information content (AvgIpc) is 2.27. The first-order valence-electron chi connectivity index (χ1n) is 7.81. The van der Waals surface area contributed by atoms with Crippen LogP contribution in [-0.4, -0.2) is 0 Å². The van der Waals surface area contributed by atoms with Gasteiger partial charge in [-0.05, 0) is 49.4 Å². The third-order valence-electron chi connectivity index (χ3n) is 5.17. The molecule has 0 aromatic rings. The van der Waals surface area contributed by atoms with Crippen LogP contribution in [0.1, 0.15) is 78.1 Å². The largest absolute Gasteiger partial charge is 0.0654 e. The molecular weight excluding hydrogens is 192 g/mol. The zero-order chi connectivity index (χ0) is 11.4. The fourth-order valence-electron chi connectivity index (χ4n) is 4.41. The second-order valence-corrected chi connectivity index (χ2v) is 6.53. The van der Waals surface area contributed by atoms with Gasteiger partial charge < -0.3 is 0 Å². The van der Waals surface area contributed by atoms with E-state index in [-0.39, 0.29) is 0 Å². The molecule has 2 saturated carbocycles. The van der Waals surface area contributed by atoms with Gasteiger partial charge in [0.25, 0.3) is 0 Å². The molecule has 0 heteroatoms. The van der Waals surface area contributed by atoms with Crippen molar-refractivity contribution in [2.45, 2.75) is 78.1 Å². The van der Waals surface area contributed by atoms with Crippen LogP contribution in [0.15, 0.2) is 0 Å². The molecular formula is C16H30. The molecule has 0 spiro atoms. The summed E-state index contributed by atoms with van der Waals surface area (Å²) in [7, 11) is 0. The van der Waals surface area contributed by atoms with Crippen molar-refractivity contribution >= 4 is 0 Å². The van der Waals surface area contributed by atoms with Gasteiger partial charge in [0, 0.05) is 0 Å². The lowest BCUT2D eigenvalue weighted by Gasteiger charge is -2.38. The van der Waals surface area contributed by atoms with Crippen molar-refractivity contribution in [2.75, 3.05) is 0 Å². The number of fused-ring (bicyclic) bond motifs is 2. The van der Waals surface area contributed by atoms with E-state index in [2.05, 4.69) is 13.8 Å². The maximum Gasteiger partial charge on any atom is -0.0409 e. The summed E-state index contributed by atoms with van der Waals surface area (Å²) in [5, 5.41) is 0. The lowest BCUT2D eigenvalue weighted by atomic mass is 9.68. The Labute approximate surface area is 102 Å². The van der Waals surface area contributed by atoms with Gasteiger partial charge in [-0.1, -0.05) is 52.4 Å². The highest BCUT2D eigenvalue weighted by Gasteiger charge is 2.30. The second-order valence-electron chi connectivity index (χ2n) is 6.53. The van der Waals surface area contributed by atoms with Gasteiger partial charge in [0.1, 0.15) is 0 Å². The third kappa shape index (κ3) is 3.25. The first kappa shape index (κ1) is 12.5. The summed E-state index contributed by atoms with van der Waals surface area (Å²) in [5.41, 5.74) is 0. The summed E-state index contributed by atoms with van der Waals surface area (Å²) in [6, 6.07) is 0. The monoisotopic (exact) mass is 222 g/mol. The van der Waals surface area contributed by atoms with Crippen LogP contribution in [0, 0.1) is 23.7 Å². The minimum absolute atomic E-state index is 1.06. The molecule has 0 heterocycles. The summed E-state index contributed by atoms with van der Waals surface area (Å²) < 4.78 is 0. The molecule has 94 valence electrons. The normalized spacial score (nSPS) is 40.1. The Morgan fingerprint density at radius 2 is 1.50 bits per heavy atom. The van der Waals surface area contributed by atoms with E-state index in [1.807, 2.05) is 0 Å². The van der Waals surface area contributed by atoms with Crippen molar-refractivity contribution in [3.05, 3.63) is 0 Å². The molecule has 2 rings (SSSR count). The molecule has 0 N–H and O–H groups in total. The zero-order valence-electron chi connectivity index (χ0n) is 11.4. The number of rotatable bonds is 3. The maximum absolute atomic E-state index is 2.41. The molecule has 2 fully saturated rings. The van der Waals surface area contributed by atoms with Crippen molar-refractivity contribution in [2.24, 2.45) is 23.7 Å². The van der Waals surface area contributed by atoms with Gasteiger partial charge >= 0.3 is 0 Å². The summed E-state index contributed by atoms with van der Waals surface area (Å²) in [5.74, 6) is 4.33. The van der Waals surface area contributed by atoms with E-state index in [4.69, 9.17) is 0 Å². The Hall–Kier alpha value is 0. The maximum atomic E-state index is 2.41. The lowest BCUT2D eigenvalue weighted by molar-refractivity contribution is 0.142. The molecule has 2 aliphatic carbocycles. The van der Waals surface area contributed by atoms with Crippen LogP contribution in [0.3, 0.4) is 0 Å². The van der Waals surface area contributed by atoms with Crippen molar-refractivity contribution in [3.8, 4) is 0 Å². The van der Waals surface area contributed by atoms with Gasteiger partial charge in [-0.3, -0.25) is 0 Å². The van der Waals surface area contributed by atoms with E-state index in [0.717, 1.165) is 23.7 Å². The van der Waals surface area contributed by atoms with Crippen LogP contribution in [0.25, 0.3) is 0 Å². The average molecular weight is 222 g/mol. The molecule has 0 nitrogen and oxygen atoms in total. The highest BCUT2D eigenvalue weighted by molar-refractivity contribution is 4.81. The van der Waals surface area contributed by atoms with Gasteiger partial charge in [0.15, 0.2) is 0 Å². The summed E-state index contributed by atoms with van der Waals surface area (Å²) in [6.45, 7) is 4.78. The molecule has 4 unspecified atom stereocenters. The van der Waals surface area contributed by atoms with E-state index in [9.17, 15) is 0 Å². The summed E-state index contributed by atoms with van der Waals surface area (Å²) in [6.07, 6.45) is 15.2. The molecule has 0 aromatic heterocycles. The molecule has 0 saturated heterocycles. The van der Waals surface area contributed by atoms with Gasteiger partial charge in [-0.2, -0.15) is 0 Å². The van der Waals surface area contributed by atoms with Gasteiger partial charge in [0.05, 0.1) is 0 Å². The van der Waals surface area contributed by atoms with Gasteiger partial charge in [-0.25, -0.2) is 0 Å². The van der Waals surface area contributed by atoms with Crippen molar-refractivity contribution < 1.29 is 0 Å². The van der Waals surface area contributed by atoms with E-state index in [1.54, 1.807) is 38.5 Å². The van der Waals surface area contributed by atoms with Crippen molar-refractivity contribution in [3.63, 3.8) is 0 Å². The van der Waals surface area contributed by atoms with Gasteiger partial charge in [0.2, 0.25) is 0 Å². The quantitative estimate of drug-likeness (QED) is 0.598. The molecule has 0 amide bonds. The number of hydrogen-bond acceptors (Lipinski definition) is 0. The molecule has 16 heavy (non-hydrogen) atoms. The Kier molecular flexibility index (Phi) is 4.73. The Morgan fingerprint density at radius 1 is 0.812 bits per heavy atom. The summed E-state index contributed by atoms with van der Waals surface area (Å²) >= 11 is 0. The third-order valence-corrected chi connectivity index (χ3v) is 5.17. The van der Waals surface area contributed by atoms with Crippen LogP contribution >= 0.6 is 0 Å². The lowest BCUT2D eigenvalue weighted by Crippen LogP contribution is -2.25. The topological polar surface area (TPSA) is 0 Å². The SMILES string of the molecule is CCCC1CC(CC)CC2CCCC(C1)C2. The summed E-state index contributed by atoms with van der Waals surface area (Å²) in [4.78, 5) is 0. The first-order chi connectivity index (χ1) is 7.81. The predicted octanol–water partition coefficient (Wildman–Crippen LogP) is 5.42. The van der Waals surface area contributed by atoms with E-state index < -0.39 is 0 Å². The predicted molar refractivity (Wildman–Crippen MR) is 71.5 cm³/mol. The van der Waals surface area contributed by atoms with Crippen LogP contribution in [0.4, 0.5) is 0 Å². The first-order valence-corrected chi connectivity index (χ1v) is 7.81. The van der Waals surface area contributed by atoms with E-state index in [0.29, 0.717) is 0 Å². The molecule has 0 radical (unpaired) electrons. The molecule has 2 aliphatic rings. The van der Waals surface area contributed by atoms with Crippen LogP contribution in [0.2, 0.25) is 0 Å². The highest BCUT2D eigenvalue weighted by atomic mass is 14.4. The molecule has 2 bridgehead atoms. The van der Waals surface area contributed by atoms with Gasteiger partial charge in [-0.15, -0.1) is 0 Å². The van der Waals surface area contributed by atoms with E-state index >= 15 is 0 Å². The molecule has 4 atom stereocenters. The van der Waals surface area contributed by atoms with Crippen LogP contribution < -0.4 is 0 Å². The fourth-order valence-corrected chi connectivity index (χ4v) is 4.41. The Bertz CT molecular complexity index is 194. The second kappa shape index (κ2) is 6.07. The smallest absolute Gasteiger partial charge is 0.0409 e. The fraction of sp³-hybridized carbons (Fsp3) is 1.00. The Morgan fingerprint density at radius 3 is 2.12 bits per heavy atom. The van der Waals surface area contributed by atoms with E-state index in [1.165, 1.54) is 25.7 Å². The van der Waals surface area contributed by atoms with Crippen molar-refractivity contribution in [1.29, 1.82) is 0 Å². The van der Waals surface area contributed by atoms with Crippen LogP contribution in [-0.2, 0) is 0 Å². The Balaban J connectivity index is 1.96.